The summed E-state index contributed by atoms with van der Waals surface area (Å²) in [6.07, 6.45) is 7.10. The Morgan fingerprint density at radius 3 is 2.41 bits per heavy atom. The highest BCUT2D eigenvalue weighted by Gasteiger charge is 2.27. The van der Waals surface area contributed by atoms with Crippen molar-refractivity contribution in [3.63, 3.8) is 0 Å². The number of carbonyl (C=O) groups is 2. The van der Waals surface area contributed by atoms with Crippen LogP contribution in [0.3, 0.4) is 0 Å². The number of carbonyl (C=O) groups excluding carboxylic acids is 2. The van der Waals surface area contributed by atoms with Crippen molar-refractivity contribution >= 4 is 11.8 Å². The second kappa shape index (κ2) is 10.1. The zero-order valence-electron chi connectivity index (χ0n) is 18.2. The number of rotatable bonds is 7. The van der Waals surface area contributed by atoms with Gasteiger partial charge in [0, 0.05) is 12.2 Å². The number of amides is 2. The lowest BCUT2D eigenvalue weighted by Gasteiger charge is -2.26. The van der Waals surface area contributed by atoms with Crippen LogP contribution in [0.2, 0.25) is 0 Å². The first-order valence-corrected chi connectivity index (χ1v) is 11.0. The molecule has 32 heavy (non-hydrogen) atoms. The molecule has 0 bridgehead atoms. The molecule has 1 heterocycles. The highest BCUT2D eigenvalue weighted by atomic mass is 16.5. The molecule has 3 aromatic rings. The number of ether oxygens (including phenoxy) is 1. The van der Waals surface area contributed by atoms with Crippen LogP contribution in [0.5, 0.6) is 5.75 Å². The van der Waals surface area contributed by atoms with Crippen LogP contribution in [-0.4, -0.2) is 34.7 Å². The van der Waals surface area contributed by atoms with Crippen molar-refractivity contribution in [2.75, 3.05) is 7.11 Å². The van der Waals surface area contributed by atoms with Gasteiger partial charge in [0.05, 0.1) is 12.8 Å². The van der Waals surface area contributed by atoms with Crippen LogP contribution in [0, 0.1) is 0 Å². The van der Waals surface area contributed by atoms with Crippen LogP contribution in [0.25, 0.3) is 5.69 Å². The second-order valence-corrected chi connectivity index (χ2v) is 8.00. The van der Waals surface area contributed by atoms with Crippen molar-refractivity contribution < 1.29 is 14.3 Å². The van der Waals surface area contributed by atoms with Gasteiger partial charge in [0.2, 0.25) is 5.91 Å². The molecule has 1 unspecified atom stereocenters. The summed E-state index contributed by atoms with van der Waals surface area (Å²) in [7, 11) is 1.59. The molecule has 2 N–H and O–H groups in total. The van der Waals surface area contributed by atoms with Gasteiger partial charge in [-0.3, -0.25) is 9.59 Å². The maximum atomic E-state index is 13.2. The lowest BCUT2D eigenvalue weighted by molar-refractivity contribution is -0.124. The minimum absolute atomic E-state index is 0.145. The number of para-hydroxylation sites is 1. The van der Waals surface area contributed by atoms with Crippen molar-refractivity contribution in [3.05, 3.63) is 78.1 Å². The van der Waals surface area contributed by atoms with E-state index in [1.165, 1.54) is 6.42 Å². The summed E-state index contributed by atoms with van der Waals surface area (Å²) in [4.78, 5) is 26.2. The summed E-state index contributed by atoms with van der Waals surface area (Å²) >= 11 is 0. The largest absolute Gasteiger partial charge is 0.497 e. The van der Waals surface area contributed by atoms with Crippen molar-refractivity contribution in [1.82, 2.24) is 20.4 Å². The molecule has 2 amide bonds. The Hall–Kier alpha value is -3.61. The Balaban J connectivity index is 1.53. The average Bonchev–Trinajstić information content (AvgIpc) is 3.34. The van der Waals surface area contributed by atoms with E-state index in [2.05, 4.69) is 15.7 Å². The highest BCUT2D eigenvalue weighted by Crippen LogP contribution is 2.22. The number of hydrogen-bond acceptors (Lipinski definition) is 4. The van der Waals surface area contributed by atoms with Crippen LogP contribution < -0.4 is 15.4 Å². The van der Waals surface area contributed by atoms with Gasteiger partial charge in [-0.15, -0.1) is 0 Å². The number of benzene rings is 2. The van der Waals surface area contributed by atoms with E-state index in [-0.39, 0.29) is 17.6 Å². The molecule has 1 aliphatic carbocycles. The maximum absolute atomic E-state index is 13.2. The second-order valence-electron chi connectivity index (χ2n) is 8.00. The summed E-state index contributed by atoms with van der Waals surface area (Å²) in [6, 6.07) is 17.7. The van der Waals surface area contributed by atoms with Gasteiger partial charge in [0.25, 0.3) is 5.91 Å². The molecule has 2 aromatic carbocycles. The molecule has 0 spiro atoms. The van der Waals surface area contributed by atoms with E-state index in [0.29, 0.717) is 11.3 Å². The van der Waals surface area contributed by atoms with Gasteiger partial charge >= 0.3 is 0 Å². The first-order valence-electron chi connectivity index (χ1n) is 11.0. The van der Waals surface area contributed by atoms with E-state index in [1.807, 2.05) is 30.3 Å². The molecule has 1 aliphatic rings. The molecule has 7 heteroatoms. The fourth-order valence-corrected chi connectivity index (χ4v) is 4.00. The fourth-order valence-electron chi connectivity index (χ4n) is 4.00. The molecular weight excluding hydrogens is 404 g/mol. The molecule has 1 saturated carbocycles. The molecule has 166 valence electrons. The summed E-state index contributed by atoms with van der Waals surface area (Å²) in [6.45, 7) is 0. The van der Waals surface area contributed by atoms with E-state index in [1.54, 1.807) is 48.3 Å². The van der Waals surface area contributed by atoms with Crippen molar-refractivity contribution in [2.24, 2.45) is 0 Å². The van der Waals surface area contributed by atoms with Gasteiger partial charge in [0.1, 0.15) is 11.8 Å². The van der Waals surface area contributed by atoms with Crippen LogP contribution in [-0.2, 0) is 4.79 Å². The van der Waals surface area contributed by atoms with Crippen LogP contribution in [0.15, 0.2) is 66.9 Å². The lowest BCUT2D eigenvalue weighted by Crippen LogP contribution is -2.45. The normalized spacial score (nSPS) is 15.0. The van der Waals surface area contributed by atoms with Gasteiger partial charge in [-0.25, -0.2) is 4.68 Å². The molecule has 0 aliphatic heterocycles. The Labute approximate surface area is 187 Å². The van der Waals surface area contributed by atoms with Crippen molar-refractivity contribution in [1.29, 1.82) is 0 Å². The minimum Gasteiger partial charge on any atom is -0.497 e. The molecule has 7 nitrogen and oxygen atoms in total. The smallest absolute Gasteiger partial charge is 0.272 e. The van der Waals surface area contributed by atoms with E-state index in [0.717, 1.165) is 31.4 Å². The lowest BCUT2D eigenvalue weighted by atomic mass is 9.95. The molecule has 4 rings (SSSR count). The number of nitrogens with zero attached hydrogens (tertiary/aromatic N) is 2. The minimum atomic E-state index is -0.822. The predicted molar refractivity (Wildman–Crippen MR) is 122 cm³/mol. The monoisotopic (exact) mass is 432 g/mol. The van der Waals surface area contributed by atoms with Gasteiger partial charge < -0.3 is 15.4 Å². The Morgan fingerprint density at radius 2 is 1.72 bits per heavy atom. The first-order chi connectivity index (χ1) is 15.6. The Kier molecular flexibility index (Phi) is 6.84. The number of methoxy groups -OCH3 is 1. The summed E-state index contributed by atoms with van der Waals surface area (Å²) in [5.41, 5.74) is 1.79. The number of nitrogens with one attached hydrogen (secondary N) is 2. The van der Waals surface area contributed by atoms with Gasteiger partial charge in [-0.1, -0.05) is 49.6 Å². The summed E-state index contributed by atoms with van der Waals surface area (Å²) in [5, 5.41) is 10.4. The molecular formula is C25H28N4O3. The van der Waals surface area contributed by atoms with Gasteiger partial charge in [-0.05, 0) is 48.7 Å². The average molecular weight is 433 g/mol. The molecule has 1 fully saturated rings. The van der Waals surface area contributed by atoms with Crippen molar-refractivity contribution in [2.45, 2.75) is 44.2 Å². The van der Waals surface area contributed by atoms with E-state index < -0.39 is 11.9 Å². The first kappa shape index (κ1) is 21.6. The highest BCUT2D eigenvalue weighted by molar-refractivity contribution is 5.96. The topological polar surface area (TPSA) is 85.2 Å². The summed E-state index contributed by atoms with van der Waals surface area (Å²) in [5.74, 6) is 0.0744. The van der Waals surface area contributed by atoms with E-state index in [9.17, 15) is 9.59 Å². The SMILES string of the molecule is COc1ccc(C(NC(=O)c2ccn(-c3ccccc3)n2)C(=O)NC2CCCCC2)cc1. The molecule has 0 radical (unpaired) electrons. The number of hydrogen-bond donors (Lipinski definition) is 2. The number of aromatic nitrogens is 2. The third-order valence-corrected chi connectivity index (χ3v) is 5.78. The van der Waals surface area contributed by atoms with Crippen LogP contribution >= 0.6 is 0 Å². The molecule has 1 aromatic heterocycles. The quantitative estimate of drug-likeness (QED) is 0.595. The van der Waals surface area contributed by atoms with E-state index in [4.69, 9.17) is 4.74 Å². The van der Waals surface area contributed by atoms with Gasteiger partial charge in [-0.2, -0.15) is 5.10 Å². The van der Waals surface area contributed by atoms with E-state index >= 15 is 0 Å². The fraction of sp³-hybridized carbons (Fsp3) is 0.320. The van der Waals surface area contributed by atoms with Crippen molar-refractivity contribution in [3.8, 4) is 11.4 Å². The van der Waals surface area contributed by atoms with Crippen LogP contribution in [0.1, 0.15) is 54.2 Å². The predicted octanol–water partition coefficient (Wildman–Crippen LogP) is 3.80. The standard InChI is InChI=1S/C25H28N4O3/c1-32-21-14-12-18(13-15-21)23(25(31)26-19-8-4-2-5-9-19)27-24(30)22-16-17-29(28-22)20-10-6-3-7-11-20/h3,6-7,10-17,19,23H,2,4-5,8-9H2,1H3,(H,26,31)(H,27,30). The Morgan fingerprint density at radius 1 is 1.00 bits per heavy atom. The van der Waals surface area contributed by atoms with Gasteiger partial charge in [0.15, 0.2) is 5.69 Å². The van der Waals surface area contributed by atoms with Crippen LogP contribution in [0.4, 0.5) is 0 Å². The summed E-state index contributed by atoms with van der Waals surface area (Å²) < 4.78 is 6.86. The third kappa shape index (κ3) is 5.17. The zero-order chi connectivity index (χ0) is 22.3. The third-order valence-electron chi connectivity index (χ3n) is 5.78. The molecule has 0 saturated heterocycles. The maximum Gasteiger partial charge on any atom is 0.272 e. The zero-order valence-corrected chi connectivity index (χ0v) is 18.2. The Bertz CT molecular complexity index is 1040. The molecule has 1 atom stereocenters.